The average Bonchev–Trinajstić information content (AvgIpc) is 2.18. The van der Waals surface area contributed by atoms with Crippen molar-refractivity contribution in [3.8, 4) is 5.75 Å². The molecule has 0 aliphatic heterocycles. The summed E-state index contributed by atoms with van der Waals surface area (Å²) in [4.78, 5) is 0. The summed E-state index contributed by atoms with van der Waals surface area (Å²) in [5, 5.41) is 0. The quantitative estimate of drug-likeness (QED) is 0.759. The predicted molar refractivity (Wildman–Crippen MR) is 64.6 cm³/mol. The van der Waals surface area contributed by atoms with Crippen LogP contribution in [0.5, 0.6) is 5.75 Å². The third-order valence-electron chi connectivity index (χ3n) is 2.29. The number of rotatable bonds is 3. The zero-order valence-electron chi connectivity index (χ0n) is 8.66. The first-order chi connectivity index (χ1) is 6.57. The minimum atomic E-state index is 0.521. The van der Waals surface area contributed by atoms with E-state index in [0.717, 1.165) is 10.2 Å². The highest BCUT2D eigenvalue weighted by Gasteiger charge is 2.08. The molecule has 14 heavy (non-hydrogen) atoms. The van der Waals surface area contributed by atoms with Crippen molar-refractivity contribution >= 4 is 27.5 Å². The Labute approximate surface area is 98.5 Å². The minimum absolute atomic E-state index is 0.521. The second kappa shape index (κ2) is 5.04. The molecule has 0 fully saturated rings. The zero-order chi connectivity index (χ0) is 10.7. The lowest BCUT2D eigenvalue weighted by Gasteiger charge is -2.13. The maximum absolute atomic E-state index is 5.58. The summed E-state index contributed by atoms with van der Waals surface area (Å²) in [7, 11) is 0. The van der Waals surface area contributed by atoms with Gasteiger partial charge in [-0.1, -0.05) is 15.9 Å². The van der Waals surface area contributed by atoms with Crippen molar-refractivity contribution in [3.05, 3.63) is 27.2 Å². The van der Waals surface area contributed by atoms with Crippen LogP contribution in [0.3, 0.4) is 0 Å². The number of alkyl halides is 1. The van der Waals surface area contributed by atoms with Crippen LogP contribution in [0.25, 0.3) is 0 Å². The summed E-state index contributed by atoms with van der Waals surface area (Å²) in [5.41, 5.74) is 3.60. The molecule has 0 amide bonds. The summed E-state index contributed by atoms with van der Waals surface area (Å²) in [6.07, 6.45) is 0. The molecule has 78 valence electrons. The highest BCUT2D eigenvalue weighted by Crippen LogP contribution is 2.31. The van der Waals surface area contributed by atoms with Crippen LogP contribution < -0.4 is 4.74 Å². The molecule has 1 aromatic rings. The average molecular weight is 278 g/mol. The van der Waals surface area contributed by atoms with Crippen LogP contribution in [-0.4, -0.2) is 12.5 Å². The first-order valence-corrected chi connectivity index (χ1v) is 5.85. The molecule has 0 spiro atoms. The molecule has 0 N–H and O–H groups in total. The van der Waals surface area contributed by atoms with Gasteiger partial charge in [0.05, 0.1) is 5.88 Å². The molecule has 1 nitrogen and oxygen atoms in total. The summed E-state index contributed by atoms with van der Waals surface area (Å²) >= 11 is 9.13. The Bertz CT molecular complexity index is 337. The van der Waals surface area contributed by atoms with Gasteiger partial charge in [0.1, 0.15) is 12.4 Å². The van der Waals surface area contributed by atoms with E-state index in [0.29, 0.717) is 12.5 Å². The Morgan fingerprint density at radius 1 is 1.29 bits per heavy atom. The van der Waals surface area contributed by atoms with Gasteiger partial charge in [0, 0.05) is 4.47 Å². The lowest BCUT2D eigenvalue weighted by molar-refractivity contribution is 0.340. The summed E-state index contributed by atoms with van der Waals surface area (Å²) in [6, 6.07) is 2.04. The van der Waals surface area contributed by atoms with Gasteiger partial charge in [-0.2, -0.15) is 0 Å². The van der Waals surface area contributed by atoms with Gasteiger partial charge in [-0.15, -0.1) is 11.6 Å². The smallest absolute Gasteiger partial charge is 0.122 e. The molecule has 0 unspecified atom stereocenters. The fourth-order valence-corrected chi connectivity index (χ4v) is 1.80. The lowest BCUT2D eigenvalue weighted by Crippen LogP contribution is -2.01. The van der Waals surface area contributed by atoms with E-state index in [-0.39, 0.29) is 0 Å². The SMILES string of the molecule is Cc1cc(OCCCl)c(C)c(C)c1Br. The van der Waals surface area contributed by atoms with Gasteiger partial charge in [-0.05, 0) is 43.5 Å². The van der Waals surface area contributed by atoms with E-state index >= 15 is 0 Å². The maximum Gasteiger partial charge on any atom is 0.122 e. The van der Waals surface area contributed by atoms with E-state index in [1.165, 1.54) is 16.7 Å². The van der Waals surface area contributed by atoms with Crippen LogP contribution in [-0.2, 0) is 0 Å². The highest BCUT2D eigenvalue weighted by molar-refractivity contribution is 9.10. The Morgan fingerprint density at radius 2 is 1.93 bits per heavy atom. The molecule has 0 saturated heterocycles. The monoisotopic (exact) mass is 276 g/mol. The second-order valence-electron chi connectivity index (χ2n) is 3.29. The predicted octanol–water partition coefficient (Wildman–Crippen LogP) is 3.99. The van der Waals surface area contributed by atoms with Crippen LogP contribution in [0.1, 0.15) is 16.7 Å². The fraction of sp³-hybridized carbons (Fsp3) is 0.455. The standard InChI is InChI=1S/C11H14BrClO/c1-7-6-10(14-5-4-13)8(2)9(3)11(7)12/h6H,4-5H2,1-3H3. The van der Waals surface area contributed by atoms with Gasteiger partial charge < -0.3 is 4.74 Å². The van der Waals surface area contributed by atoms with Gasteiger partial charge in [0.15, 0.2) is 0 Å². The van der Waals surface area contributed by atoms with Crippen LogP contribution in [0.4, 0.5) is 0 Å². The molecule has 0 atom stereocenters. The molecule has 0 aliphatic carbocycles. The van der Waals surface area contributed by atoms with E-state index in [1.54, 1.807) is 0 Å². The van der Waals surface area contributed by atoms with Crippen molar-refractivity contribution in [2.24, 2.45) is 0 Å². The van der Waals surface area contributed by atoms with Gasteiger partial charge in [0.25, 0.3) is 0 Å². The molecule has 0 radical (unpaired) electrons. The summed E-state index contributed by atoms with van der Waals surface area (Å²) in [6.45, 7) is 6.76. The lowest BCUT2D eigenvalue weighted by atomic mass is 10.1. The molecule has 1 rings (SSSR count). The minimum Gasteiger partial charge on any atom is -0.492 e. The Morgan fingerprint density at radius 3 is 2.50 bits per heavy atom. The number of benzene rings is 1. The summed E-state index contributed by atoms with van der Waals surface area (Å²) < 4.78 is 6.71. The fourth-order valence-electron chi connectivity index (χ4n) is 1.31. The molecule has 0 bridgehead atoms. The third-order valence-corrected chi connectivity index (χ3v) is 3.66. The molecule has 3 heteroatoms. The zero-order valence-corrected chi connectivity index (χ0v) is 11.0. The maximum atomic E-state index is 5.58. The Balaban J connectivity index is 3.06. The van der Waals surface area contributed by atoms with Crippen LogP contribution >= 0.6 is 27.5 Å². The van der Waals surface area contributed by atoms with Crippen molar-refractivity contribution in [1.29, 1.82) is 0 Å². The highest BCUT2D eigenvalue weighted by atomic mass is 79.9. The molecule has 0 aliphatic rings. The molecule has 1 aromatic carbocycles. The molecular weight excluding hydrogens is 263 g/mol. The van der Waals surface area contributed by atoms with E-state index in [9.17, 15) is 0 Å². The topological polar surface area (TPSA) is 9.23 Å². The molecule has 0 saturated carbocycles. The van der Waals surface area contributed by atoms with Crippen molar-refractivity contribution in [3.63, 3.8) is 0 Å². The van der Waals surface area contributed by atoms with E-state index < -0.39 is 0 Å². The Kier molecular flexibility index (Phi) is 4.27. The third kappa shape index (κ3) is 2.43. The van der Waals surface area contributed by atoms with E-state index in [2.05, 4.69) is 36.7 Å². The normalized spacial score (nSPS) is 10.4. The van der Waals surface area contributed by atoms with Gasteiger partial charge in [0.2, 0.25) is 0 Å². The van der Waals surface area contributed by atoms with Crippen molar-refractivity contribution in [2.45, 2.75) is 20.8 Å². The number of aryl methyl sites for hydroxylation is 1. The molecule has 0 aromatic heterocycles. The summed E-state index contributed by atoms with van der Waals surface area (Å²) in [5.74, 6) is 1.46. The second-order valence-corrected chi connectivity index (χ2v) is 4.46. The van der Waals surface area contributed by atoms with Crippen molar-refractivity contribution in [1.82, 2.24) is 0 Å². The number of hydrogen-bond donors (Lipinski definition) is 0. The largest absolute Gasteiger partial charge is 0.492 e. The van der Waals surface area contributed by atoms with Gasteiger partial charge in [-0.3, -0.25) is 0 Å². The van der Waals surface area contributed by atoms with Crippen molar-refractivity contribution in [2.75, 3.05) is 12.5 Å². The first-order valence-electron chi connectivity index (χ1n) is 4.53. The van der Waals surface area contributed by atoms with Crippen LogP contribution in [0.2, 0.25) is 0 Å². The van der Waals surface area contributed by atoms with E-state index in [4.69, 9.17) is 16.3 Å². The van der Waals surface area contributed by atoms with Gasteiger partial charge >= 0.3 is 0 Å². The molecule has 0 heterocycles. The van der Waals surface area contributed by atoms with Crippen molar-refractivity contribution < 1.29 is 4.74 Å². The molecular formula is C11H14BrClO. The number of halogens is 2. The van der Waals surface area contributed by atoms with Crippen LogP contribution in [0, 0.1) is 20.8 Å². The Hall–Kier alpha value is -0.210. The first kappa shape index (κ1) is 11.9. The number of ether oxygens (including phenoxy) is 1. The van der Waals surface area contributed by atoms with E-state index in [1.807, 2.05) is 6.07 Å². The van der Waals surface area contributed by atoms with Gasteiger partial charge in [-0.25, -0.2) is 0 Å². The number of hydrogen-bond acceptors (Lipinski definition) is 1. The van der Waals surface area contributed by atoms with Crippen LogP contribution in [0.15, 0.2) is 10.5 Å².